The predicted octanol–water partition coefficient (Wildman–Crippen LogP) is 2.01. The number of imidazole rings is 1. The summed E-state index contributed by atoms with van der Waals surface area (Å²) in [5, 5.41) is 3.49. The Morgan fingerprint density at radius 2 is 2.21 bits per heavy atom. The van der Waals surface area contributed by atoms with Crippen molar-refractivity contribution in [2.75, 3.05) is 32.7 Å². The van der Waals surface area contributed by atoms with Crippen LogP contribution in [0.2, 0.25) is 0 Å². The Balaban J connectivity index is 0.00000133. The summed E-state index contributed by atoms with van der Waals surface area (Å²) < 4.78 is 0. The number of H-pyrrole nitrogens is 1. The predicted molar refractivity (Wildman–Crippen MR) is 79.8 cm³/mol. The van der Waals surface area contributed by atoms with E-state index in [9.17, 15) is 0 Å². The Bertz CT molecular complexity index is 365. The maximum atomic E-state index is 4.40. The fourth-order valence-corrected chi connectivity index (χ4v) is 3.41. The number of nitrogens with zero attached hydrogens (tertiary/aromatic N) is 2. The van der Waals surface area contributed by atoms with E-state index in [2.05, 4.69) is 27.1 Å². The van der Waals surface area contributed by atoms with E-state index >= 15 is 0 Å². The lowest BCUT2D eigenvalue weighted by Crippen LogP contribution is -2.41. The molecule has 0 aromatic carbocycles. The van der Waals surface area contributed by atoms with Crippen LogP contribution in [0.25, 0.3) is 0 Å². The normalized spacial score (nSPS) is 29.3. The van der Waals surface area contributed by atoms with Crippen molar-refractivity contribution in [3.63, 3.8) is 0 Å². The number of piperidine rings is 1. The molecule has 2 fully saturated rings. The minimum absolute atomic E-state index is 0. The third-order valence-corrected chi connectivity index (χ3v) is 4.56. The van der Waals surface area contributed by atoms with Crippen molar-refractivity contribution in [2.24, 2.45) is 5.41 Å². The fraction of sp³-hybridized carbons (Fsp3) is 0.786. The van der Waals surface area contributed by atoms with Crippen molar-refractivity contribution in [3.8, 4) is 0 Å². The summed E-state index contributed by atoms with van der Waals surface area (Å²) >= 11 is 0. The van der Waals surface area contributed by atoms with Crippen molar-refractivity contribution in [3.05, 3.63) is 18.2 Å². The summed E-state index contributed by atoms with van der Waals surface area (Å²) in [4.78, 5) is 10.3. The van der Waals surface area contributed by atoms with Crippen molar-refractivity contribution >= 4 is 12.4 Å². The van der Waals surface area contributed by atoms with E-state index in [0.717, 1.165) is 0 Å². The van der Waals surface area contributed by atoms with Crippen LogP contribution in [0.15, 0.2) is 12.4 Å². The molecule has 2 aliphatic rings. The first-order chi connectivity index (χ1) is 8.75. The zero-order valence-electron chi connectivity index (χ0n) is 11.7. The molecule has 108 valence electrons. The van der Waals surface area contributed by atoms with E-state index in [4.69, 9.17) is 0 Å². The van der Waals surface area contributed by atoms with Crippen molar-refractivity contribution in [1.82, 2.24) is 20.2 Å². The Hall–Kier alpha value is -0.580. The number of rotatable bonds is 3. The second kappa shape index (κ2) is 6.25. The monoisotopic (exact) mass is 284 g/mol. The van der Waals surface area contributed by atoms with Crippen molar-refractivity contribution < 1.29 is 0 Å². The van der Waals surface area contributed by atoms with E-state index in [1.807, 2.05) is 12.4 Å². The van der Waals surface area contributed by atoms with E-state index in [-0.39, 0.29) is 12.4 Å². The highest BCUT2D eigenvalue weighted by molar-refractivity contribution is 5.85. The molecule has 1 aromatic heterocycles. The van der Waals surface area contributed by atoms with Gasteiger partial charge in [0.15, 0.2) is 0 Å². The molecule has 3 rings (SSSR count). The van der Waals surface area contributed by atoms with Gasteiger partial charge in [0.2, 0.25) is 0 Å². The standard InChI is InChI=1S/C14H24N4.ClH/c1-14(4-5-15-10-14)11-18-8-2-12(3-9-18)13-16-6-7-17-13;/h6-7,12,15H,2-5,8-11H2,1H3,(H,16,17);1H. The summed E-state index contributed by atoms with van der Waals surface area (Å²) in [6.07, 6.45) is 7.62. The summed E-state index contributed by atoms with van der Waals surface area (Å²) in [5.41, 5.74) is 0.498. The SMILES string of the molecule is CC1(CN2CCC(c3ncc[nH]3)CC2)CCNC1.Cl. The second-order valence-corrected chi connectivity index (χ2v) is 6.26. The number of aromatic nitrogens is 2. The summed E-state index contributed by atoms with van der Waals surface area (Å²) in [6, 6.07) is 0. The Kier molecular flexibility index (Phi) is 4.87. The van der Waals surface area contributed by atoms with Crippen LogP contribution >= 0.6 is 12.4 Å². The van der Waals surface area contributed by atoms with E-state index in [1.54, 1.807) is 0 Å². The van der Waals surface area contributed by atoms with Crippen molar-refractivity contribution in [1.29, 1.82) is 0 Å². The molecule has 2 N–H and O–H groups in total. The first-order valence-corrected chi connectivity index (χ1v) is 7.18. The molecule has 0 radical (unpaired) electrons. The van der Waals surface area contributed by atoms with Crippen LogP contribution in [0.1, 0.15) is 37.9 Å². The van der Waals surface area contributed by atoms with Crippen molar-refractivity contribution in [2.45, 2.75) is 32.1 Å². The minimum Gasteiger partial charge on any atom is -0.348 e. The third kappa shape index (κ3) is 3.50. The van der Waals surface area contributed by atoms with Crippen LogP contribution in [0, 0.1) is 5.41 Å². The molecular weight excluding hydrogens is 260 g/mol. The molecule has 4 nitrogen and oxygen atoms in total. The van der Waals surface area contributed by atoms with Gasteiger partial charge in [-0.1, -0.05) is 6.92 Å². The van der Waals surface area contributed by atoms with Crippen LogP contribution in [-0.4, -0.2) is 47.6 Å². The Labute approximate surface area is 121 Å². The number of hydrogen-bond donors (Lipinski definition) is 2. The molecule has 0 bridgehead atoms. The lowest BCUT2D eigenvalue weighted by atomic mass is 9.87. The largest absolute Gasteiger partial charge is 0.348 e. The van der Waals surface area contributed by atoms with Gasteiger partial charge in [-0.3, -0.25) is 0 Å². The first-order valence-electron chi connectivity index (χ1n) is 7.18. The minimum atomic E-state index is 0. The molecule has 2 aliphatic heterocycles. The summed E-state index contributed by atoms with van der Waals surface area (Å²) in [5.74, 6) is 1.83. The Morgan fingerprint density at radius 3 is 2.79 bits per heavy atom. The molecule has 5 heteroatoms. The number of aromatic amines is 1. The highest BCUT2D eigenvalue weighted by Crippen LogP contribution is 2.30. The number of likely N-dealkylation sites (tertiary alicyclic amines) is 1. The van der Waals surface area contributed by atoms with Crippen LogP contribution in [0.5, 0.6) is 0 Å². The molecule has 3 heterocycles. The van der Waals surface area contributed by atoms with Gasteiger partial charge in [0.05, 0.1) is 0 Å². The van der Waals surface area contributed by atoms with E-state index in [1.165, 1.54) is 57.8 Å². The average Bonchev–Trinajstić information content (AvgIpc) is 3.02. The van der Waals surface area contributed by atoms with Crippen LogP contribution < -0.4 is 5.32 Å². The topological polar surface area (TPSA) is 44.0 Å². The van der Waals surface area contributed by atoms with Crippen LogP contribution in [-0.2, 0) is 0 Å². The van der Waals surface area contributed by atoms with Crippen LogP contribution in [0.4, 0.5) is 0 Å². The zero-order chi connectivity index (χ0) is 12.4. The highest BCUT2D eigenvalue weighted by atomic mass is 35.5. The maximum absolute atomic E-state index is 4.40. The number of halogens is 1. The van der Waals surface area contributed by atoms with E-state index < -0.39 is 0 Å². The maximum Gasteiger partial charge on any atom is 0.109 e. The van der Waals surface area contributed by atoms with Gasteiger partial charge >= 0.3 is 0 Å². The van der Waals surface area contributed by atoms with Crippen LogP contribution in [0.3, 0.4) is 0 Å². The lowest BCUT2D eigenvalue weighted by molar-refractivity contribution is 0.143. The van der Waals surface area contributed by atoms with Gasteiger partial charge in [0.1, 0.15) is 5.82 Å². The lowest BCUT2D eigenvalue weighted by Gasteiger charge is -2.36. The number of nitrogens with one attached hydrogen (secondary N) is 2. The zero-order valence-corrected chi connectivity index (χ0v) is 12.5. The molecular formula is C14H25ClN4. The fourth-order valence-electron chi connectivity index (χ4n) is 3.41. The molecule has 0 amide bonds. The molecule has 0 saturated carbocycles. The quantitative estimate of drug-likeness (QED) is 0.892. The van der Waals surface area contributed by atoms with Gasteiger partial charge in [-0.2, -0.15) is 0 Å². The molecule has 2 saturated heterocycles. The Morgan fingerprint density at radius 1 is 1.42 bits per heavy atom. The molecule has 1 unspecified atom stereocenters. The van der Waals surface area contributed by atoms with Gasteiger partial charge in [-0.15, -0.1) is 12.4 Å². The molecule has 19 heavy (non-hydrogen) atoms. The molecule has 1 atom stereocenters. The van der Waals surface area contributed by atoms with E-state index in [0.29, 0.717) is 11.3 Å². The molecule has 1 aromatic rings. The van der Waals surface area contributed by atoms with Gasteiger partial charge in [0.25, 0.3) is 0 Å². The molecule has 0 spiro atoms. The first kappa shape index (κ1) is 14.8. The highest BCUT2D eigenvalue weighted by Gasteiger charge is 2.32. The smallest absolute Gasteiger partial charge is 0.109 e. The third-order valence-electron chi connectivity index (χ3n) is 4.56. The van der Waals surface area contributed by atoms with Gasteiger partial charge in [0, 0.05) is 31.4 Å². The van der Waals surface area contributed by atoms with Gasteiger partial charge in [-0.05, 0) is 44.3 Å². The average molecular weight is 285 g/mol. The summed E-state index contributed by atoms with van der Waals surface area (Å²) in [7, 11) is 0. The molecule has 0 aliphatic carbocycles. The second-order valence-electron chi connectivity index (χ2n) is 6.26. The summed E-state index contributed by atoms with van der Waals surface area (Å²) in [6.45, 7) is 8.50. The van der Waals surface area contributed by atoms with Gasteiger partial charge < -0.3 is 15.2 Å². The number of hydrogen-bond acceptors (Lipinski definition) is 3. The van der Waals surface area contributed by atoms with Gasteiger partial charge in [-0.25, -0.2) is 4.98 Å².